The van der Waals surface area contributed by atoms with Crippen LogP contribution in [0.25, 0.3) is 0 Å². The lowest BCUT2D eigenvalue weighted by molar-refractivity contribution is 0.389. The van der Waals surface area contributed by atoms with Gasteiger partial charge in [0.2, 0.25) is 0 Å². The van der Waals surface area contributed by atoms with Crippen molar-refractivity contribution in [1.82, 2.24) is 5.32 Å². The first kappa shape index (κ1) is 12.9. The zero-order valence-corrected chi connectivity index (χ0v) is 9.47. The zero-order valence-electron chi connectivity index (χ0n) is 9.47. The fraction of sp³-hybridized carbons (Fsp3) is 1.00. The van der Waals surface area contributed by atoms with Gasteiger partial charge in [0.25, 0.3) is 0 Å². The molecule has 0 aliphatic rings. The fourth-order valence-corrected chi connectivity index (χ4v) is 1.62. The van der Waals surface area contributed by atoms with Gasteiger partial charge in [0, 0.05) is 12.6 Å². The van der Waals surface area contributed by atoms with Crippen LogP contribution in [0.3, 0.4) is 0 Å². The molecule has 0 amide bonds. The molecule has 0 aliphatic heterocycles. The summed E-state index contributed by atoms with van der Waals surface area (Å²) in [4.78, 5) is 0. The van der Waals surface area contributed by atoms with E-state index in [1.165, 1.54) is 25.7 Å². The molecule has 0 rings (SSSR count). The lowest BCUT2D eigenvalue weighted by Gasteiger charge is -2.18. The predicted molar refractivity (Wildman–Crippen MR) is 59.8 cm³/mol. The molecule has 0 aliphatic carbocycles. The highest BCUT2D eigenvalue weighted by molar-refractivity contribution is 4.66. The lowest BCUT2D eigenvalue weighted by atomic mass is 9.98. The standard InChI is InChI=1S/C11H26N2/c1-4-6-11(7-5-2)9-13-10(3)8-12/h10-11,13H,4-9,12H2,1-3H3/t10-/m1/s1. The number of nitrogens with two attached hydrogens (primary N) is 1. The Morgan fingerprint density at radius 1 is 1.15 bits per heavy atom. The highest BCUT2D eigenvalue weighted by Gasteiger charge is 2.07. The second-order valence-corrected chi connectivity index (χ2v) is 3.99. The molecule has 0 spiro atoms. The third kappa shape index (κ3) is 7.03. The van der Waals surface area contributed by atoms with Gasteiger partial charge >= 0.3 is 0 Å². The average molecular weight is 186 g/mol. The summed E-state index contributed by atoms with van der Waals surface area (Å²) in [5.74, 6) is 0.851. The monoisotopic (exact) mass is 186 g/mol. The SMILES string of the molecule is CCCC(CCC)CN[C@H](C)CN. The normalized spacial score (nSPS) is 13.6. The molecule has 0 saturated carbocycles. The topological polar surface area (TPSA) is 38.0 Å². The van der Waals surface area contributed by atoms with Crippen molar-refractivity contribution in [2.45, 2.75) is 52.5 Å². The summed E-state index contributed by atoms with van der Waals surface area (Å²) in [6, 6.07) is 0.469. The molecule has 0 unspecified atom stereocenters. The van der Waals surface area contributed by atoms with E-state index in [0.717, 1.165) is 19.0 Å². The van der Waals surface area contributed by atoms with E-state index in [1.54, 1.807) is 0 Å². The van der Waals surface area contributed by atoms with E-state index in [4.69, 9.17) is 5.73 Å². The third-order valence-corrected chi connectivity index (χ3v) is 2.50. The molecule has 0 aromatic rings. The van der Waals surface area contributed by atoms with Crippen LogP contribution in [-0.2, 0) is 0 Å². The highest BCUT2D eigenvalue weighted by Crippen LogP contribution is 2.12. The van der Waals surface area contributed by atoms with Crippen LogP contribution in [0.2, 0.25) is 0 Å². The summed E-state index contributed by atoms with van der Waals surface area (Å²) in [5.41, 5.74) is 5.54. The maximum atomic E-state index is 5.54. The predicted octanol–water partition coefficient (Wildman–Crippen LogP) is 2.14. The fourth-order valence-electron chi connectivity index (χ4n) is 1.62. The van der Waals surface area contributed by atoms with E-state index in [1.807, 2.05) is 0 Å². The van der Waals surface area contributed by atoms with Crippen molar-refractivity contribution >= 4 is 0 Å². The molecule has 0 saturated heterocycles. The van der Waals surface area contributed by atoms with Crippen molar-refractivity contribution in [3.05, 3.63) is 0 Å². The van der Waals surface area contributed by atoms with E-state index in [2.05, 4.69) is 26.1 Å². The first-order chi connectivity index (χ1) is 6.24. The van der Waals surface area contributed by atoms with Crippen molar-refractivity contribution in [3.8, 4) is 0 Å². The number of hydrogen-bond donors (Lipinski definition) is 2. The summed E-state index contributed by atoms with van der Waals surface area (Å²) >= 11 is 0. The van der Waals surface area contributed by atoms with Gasteiger partial charge in [-0.15, -0.1) is 0 Å². The van der Waals surface area contributed by atoms with Gasteiger partial charge in [-0.2, -0.15) is 0 Å². The number of nitrogens with one attached hydrogen (secondary N) is 1. The molecular weight excluding hydrogens is 160 g/mol. The molecular formula is C11H26N2. The van der Waals surface area contributed by atoms with E-state index in [-0.39, 0.29) is 0 Å². The maximum Gasteiger partial charge on any atom is 0.0162 e. The molecule has 0 aromatic heterocycles. The minimum atomic E-state index is 0.469. The Bertz CT molecular complexity index is 98.3. The average Bonchev–Trinajstić information content (AvgIpc) is 2.14. The molecule has 0 heterocycles. The van der Waals surface area contributed by atoms with Gasteiger partial charge in [-0.1, -0.05) is 26.7 Å². The van der Waals surface area contributed by atoms with Crippen LogP contribution in [0.4, 0.5) is 0 Å². The number of rotatable bonds is 8. The third-order valence-electron chi connectivity index (χ3n) is 2.50. The van der Waals surface area contributed by atoms with Crippen molar-refractivity contribution in [2.24, 2.45) is 11.7 Å². The van der Waals surface area contributed by atoms with Gasteiger partial charge < -0.3 is 11.1 Å². The molecule has 0 fully saturated rings. The van der Waals surface area contributed by atoms with Crippen molar-refractivity contribution in [2.75, 3.05) is 13.1 Å². The van der Waals surface area contributed by atoms with Crippen LogP contribution in [0.1, 0.15) is 46.5 Å². The molecule has 13 heavy (non-hydrogen) atoms. The minimum Gasteiger partial charge on any atom is -0.329 e. The second-order valence-electron chi connectivity index (χ2n) is 3.99. The summed E-state index contributed by atoms with van der Waals surface area (Å²) in [7, 11) is 0. The minimum absolute atomic E-state index is 0.469. The smallest absolute Gasteiger partial charge is 0.0162 e. The van der Waals surface area contributed by atoms with Gasteiger partial charge in [0.15, 0.2) is 0 Å². The van der Waals surface area contributed by atoms with Gasteiger partial charge in [-0.05, 0) is 32.2 Å². The summed E-state index contributed by atoms with van der Waals surface area (Å²) in [5, 5.41) is 3.48. The van der Waals surface area contributed by atoms with E-state index in [9.17, 15) is 0 Å². The molecule has 0 bridgehead atoms. The largest absolute Gasteiger partial charge is 0.329 e. The Hall–Kier alpha value is -0.0800. The first-order valence-corrected chi connectivity index (χ1v) is 5.68. The van der Waals surface area contributed by atoms with E-state index in [0.29, 0.717) is 6.04 Å². The number of hydrogen-bond acceptors (Lipinski definition) is 2. The lowest BCUT2D eigenvalue weighted by Crippen LogP contribution is -2.36. The van der Waals surface area contributed by atoms with Crippen LogP contribution in [0, 0.1) is 5.92 Å². The Morgan fingerprint density at radius 3 is 2.08 bits per heavy atom. The molecule has 1 atom stereocenters. The quantitative estimate of drug-likeness (QED) is 0.609. The molecule has 0 radical (unpaired) electrons. The van der Waals surface area contributed by atoms with Crippen molar-refractivity contribution in [1.29, 1.82) is 0 Å². The van der Waals surface area contributed by atoms with Crippen molar-refractivity contribution in [3.63, 3.8) is 0 Å². The Labute approximate surface area is 83.3 Å². The van der Waals surface area contributed by atoms with Crippen LogP contribution in [0.5, 0.6) is 0 Å². The van der Waals surface area contributed by atoms with Crippen LogP contribution >= 0.6 is 0 Å². The molecule has 80 valence electrons. The van der Waals surface area contributed by atoms with Gasteiger partial charge in [-0.3, -0.25) is 0 Å². The summed E-state index contributed by atoms with van der Waals surface area (Å²) < 4.78 is 0. The van der Waals surface area contributed by atoms with E-state index < -0.39 is 0 Å². The van der Waals surface area contributed by atoms with Crippen LogP contribution in [0.15, 0.2) is 0 Å². The maximum absolute atomic E-state index is 5.54. The highest BCUT2D eigenvalue weighted by atomic mass is 14.9. The Morgan fingerprint density at radius 2 is 1.69 bits per heavy atom. The molecule has 3 N–H and O–H groups in total. The van der Waals surface area contributed by atoms with Gasteiger partial charge in [0.05, 0.1) is 0 Å². The van der Waals surface area contributed by atoms with Gasteiger partial charge in [-0.25, -0.2) is 0 Å². The summed E-state index contributed by atoms with van der Waals surface area (Å²) in [6.45, 7) is 8.55. The molecule has 2 nitrogen and oxygen atoms in total. The van der Waals surface area contributed by atoms with Gasteiger partial charge in [0.1, 0.15) is 0 Å². The second kappa shape index (κ2) is 8.52. The van der Waals surface area contributed by atoms with Crippen LogP contribution in [-0.4, -0.2) is 19.1 Å². The Balaban J connectivity index is 3.55. The first-order valence-electron chi connectivity index (χ1n) is 5.68. The van der Waals surface area contributed by atoms with E-state index >= 15 is 0 Å². The zero-order chi connectivity index (χ0) is 10.1. The summed E-state index contributed by atoms with van der Waals surface area (Å²) in [6.07, 6.45) is 5.28. The molecule has 2 heteroatoms. The van der Waals surface area contributed by atoms with Crippen molar-refractivity contribution < 1.29 is 0 Å². The Kier molecular flexibility index (Phi) is 8.46. The molecule has 0 aromatic carbocycles. The van der Waals surface area contributed by atoms with Crippen LogP contribution < -0.4 is 11.1 Å².